The number of carbonyl (C=O) groups excluding carboxylic acids is 2. The number of urea groups is 1. The summed E-state index contributed by atoms with van der Waals surface area (Å²) in [6, 6.07) is 1.58. The van der Waals surface area contributed by atoms with Crippen LogP contribution in [0.1, 0.15) is 29.4 Å². The summed E-state index contributed by atoms with van der Waals surface area (Å²) in [5.74, 6) is 0.111. The molecule has 1 saturated heterocycles. The number of piperidine rings is 1. The van der Waals surface area contributed by atoms with Gasteiger partial charge in [0.2, 0.25) is 0 Å². The van der Waals surface area contributed by atoms with E-state index in [1.807, 2.05) is 0 Å². The van der Waals surface area contributed by atoms with Gasteiger partial charge in [-0.15, -0.1) is 11.3 Å². The Balaban J connectivity index is 2.02. The summed E-state index contributed by atoms with van der Waals surface area (Å²) in [6.45, 7) is 3.68. The molecule has 1 fully saturated rings. The molecule has 2 heterocycles. The Kier molecular flexibility index (Phi) is 4.42. The molecular weight excluding hydrogens is 264 g/mol. The minimum Gasteiger partial charge on any atom is -0.465 e. The molecular formula is C13H18N2O3S. The van der Waals surface area contributed by atoms with Crippen molar-refractivity contribution < 1.29 is 14.3 Å². The van der Waals surface area contributed by atoms with Crippen molar-refractivity contribution in [3.05, 3.63) is 16.3 Å². The molecule has 1 aliphatic rings. The van der Waals surface area contributed by atoms with Crippen molar-refractivity contribution in [3.63, 3.8) is 0 Å². The van der Waals surface area contributed by atoms with E-state index in [2.05, 4.69) is 17.0 Å². The first kappa shape index (κ1) is 13.9. The Hall–Kier alpha value is -1.56. The summed E-state index contributed by atoms with van der Waals surface area (Å²) in [5, 5.41) is 4.56. The van der Waals surface area contributed by atoms with Gasteiger partial charge in [0.1, 0.15) is 4.88 Å². The second kappa shape index (κ2) is 6.06. The molecule has 0 spiro atoms. The van der Waals surface area contributed by atoms with Crippen LogP contribution in [0.2, 0.25) is 0 Å². The zero-order valence-corrected chi connectivity index (χ0v) is 12.0. The van der Waals surface area contributed by atoms with E-state index in [0.717, 1.165) is 25.9 Å². The molecule has 1 N–H and O–H groups in total. The third-order valence-electron chi connectivity index (χ3n) is 3.22. The maximum atomic E-state index is 12.1. The van der Waals surface area contributed by atoms with Crippen molar-refractivity contribution in [2.75, 3.05) is 25.5 Å². The molecule has 1 aliphatic heterocycles. The Morgan fingerprint density at radius 3 is 3.00 bits per heavy atom. The molecule has 2 rings (SSSR count). The third-order valence-corrected chi connectivity index (χ3v) is 4.12. The Labute approximate surface area is 116 Å². The Morgan fingerprint density at radius 1 is 1.53 bits per heavy atom. The van der Waals surface area contributed by atoms with Gasteiger partial charge in [-0.25, -0.2) is 9.59 Å². The molecule has 5 nitrogen and oxygen atoms in total. The lowest BCUT2D eigenvalue weighted by atomic mass is 10.0. The Morgan fingerprint density at radius 2 is 2.32 bits per heavy atom. The lowest BCUT2D eigenvalue weighted by Crippen LogP contribution is -2.41. The molecule has 1 atom stereocenters. The highest BCUT2D eigenvalue weighted by atomic mass is 32.1. The van der Waals surface area contributed by atoms with Crippen LogP contribution in [0, 0.1) is 5.92 Å². The fourth-order valence-corrected chi connectivity index (χ4v) is 2.99. The van der Waals surface area contributed by atoms with Gasteiger partial charge in [-0.1, -0.05) is 6.92 Å². The molecule has 0 aromatic carbocycles. The molecule has 0 saturated carbocycles. The fraction of sp³-hybridized carbons (Fsp3) is 0.538. The topological polar surface area (TPSA) is 58.6 Å². The minimum absolute atomic E-state index is 0.143. The van der Waals surface area contributed by atoms with Crippen molar-refractivity contribution in [2.24, 2.45) is 5.92 Å². The lowest BCUT2D eigenvalue weighted by molar-refractivity contribution is 0.0607. The van der Waals surface area contributed by atoms with Gasteiger partial charge in [0.15, 0.2) is 0 Å². The molecule has 6 heteroatoms. The quantitative estimate of drug-likeness (QED) is 0.849. The first-order valence-corrected chi connectivity index (χ1v) is 7.21. The summed E-state index contributed by atoms with van der Waals surface area (Å²) < 4.78 is 4.69. The van der Waals surface area contributed by atoms with E-state index >= 15 is 0 Å². The average Bonchev–Trinajstić information content (AvgIpc) is 2.86. The van der Waals surface area contributed by atoms with Gasteiger partial charge in [-0.3, -0.25) is 0 Å². The van der Waals surface area contributed by atoms with Crippen LogP contribution in [-0.2, 0) is 4.74 Å². The zero-order valence-electron chi connectivity index (χ0n) is 11.1. The van der Waals surface area contributed by atoms with Gasteiger partial charge in [0.05, 0.1) is 12.8 Å². The monoisotopic (exact) mass is 282 g/mol. The maximum absolute atomic E-state index is 12.1. The number of esters is 1. The van der Waals surface area contributed by atoms with Crippen LogP contribution in [0.5, 0.6) is 0 Å². The van der Waals surface area contributed by atoms with Crippen molar-refractivity contribution in [2.45, 2.75) is 19.8 Å². The summed E-state index contributed by atoms with van der Waals surface area (Å²) in [4.78, 5) is 25.9. The van der Waals surface area contributed by atoms with E-state index in [0.29, 0.717) is 16.5 Å². The molecule has 1 aromatic rings. The molecule has 104 valence electrons. The molecule has 0 radical (unpaired) electrons. The van der Waals surface area contributed by atoms with Gasteiger partial charge in [0, 0.05) is 13.1 Å². The Bertz CT molecular complexity index is 472. The van der Waals surface area contributed by atoms with Crippen LogP contribution in [0.15, 0.2) is 11.4 Å². The zero-order chi connectivity index (χ0) is 13.8. The number of hydrogen-bond acceptors (Lipinski definition) is 4. The number of methoxy groups -OCH3 is 1. The van der Waals surface area contributed by atoms with Crippen molar-refractivity contribution in [3.8, 4) is 0 Å². The number of hydrogen-bond donors (Lipinski definition) is 1. The summed E-state index contributed by atoms with van der Waals surface area (Å²) in [6.07, 6.45) is 2.19. The standard InChI is InChI=1S/C13H18N2O3S/c1-9-4-3-6-15(8-9)13(17)14-10-5-7-19-11(10)12(16)18-2/h5,7,9H,3-4,6,8H2,1-2H3,(H,14,17)/t9-/m1/s1. The number of carbonyl (C=O) groups is 2. The molecule has 0 aliphatic carbocycles. The number of ether oxygens (including phenoxy) is 1. The van der Waals surface area contributed by atoms with E-state index in [1.165, 1.54) is 18.4 Å². The van der Waals surface area contributed by atoms with Crippen LogP contribution in [0.25, 0.3) is 0 Å². The van der Waals surface area contributed by atoms with Crippen LogP contribution in [0.3, 0.4) is 0 Å². The second-order valence-electron chi connectivity index (χ2n) is 4.78. The number of anilines is 1. The number of likely N-dealkylation sites (tertiary alicyclic amines) is 1. The number of rotatable bonds is 2. The highest BCUT2D eigenvalue weighted by Crippen LogP contribution is 2.24. The molecule has 19 heavy (non-hydrogen) atoms. The van der Waals surface area contributed by atoms with Crippen molar-refractivity contribution >= 4 is 29.0 Å². The van der Waals surface area contributed by atoms with E-state index in [9.17, 15) is 9.59 Å². The highest BCUT2D eigenvalue weighted by molar-refractivity contribution is 7.12. The number of nitrogens with one attached hydrogen (secondary N) is 1. The van der Waals surface area contributed by atoms with Crippen LogP contribution in [-0.4, -0.2) is 37.1 Å². The predicted molar refractivity (Wildman–Crippen MR) is 74.6 cm³/mol. The first-order chi connectivity index (χ1) is 9.11. The SMILES string of the molecule is COC(=O)c1sccc1NC(=O)N1CCC[C@@H](C)C1. The summed E-state index contributed by atoms with van der Waals surface area (Å²) in [5.41, 5.74) is 0.528. The number of thiophene rings is 1. The fourth-order valence-electron chi connectivity index (χ4n) is 2.23. The predicted octanol–water partition coefficient (Wildman–Crippen LogP) is 2.80. The van der Waals surface area contributed by atoms with Crippen LogP contribution in [0.4, 0.5) is 10.5 Å². The van der Waals surface area contributed by atoms with E-state index in [1.54, 1.807) is 16.3 Å². The van der Waals surface area contributed by atoms with Gasteiger partial charge < -0.3 is 15.0 Å². The smallest absolute Gasteiger partial charge is 0.350 e. The summed E-state index contributed by atoms with van der Waals surface area (Å²) in [7, 11) is 1.33. The summed E-state index contributed by atoms with van der Waals surface area (Å²) >= 11 is 1.26. The number of amides is 2. The molecule has 0 unspecified atom stereocenters. The molecule has 2 amide bonds. The average molecular weight is 282 g/mol. The van der Waals surface area contributed by atoms with Gasteiger partial charge in [-0.2, -0.15) is 0 Å². The lowest BCUT2D eigenvalue weighted by Gasteiger charge is -2.30. The minimum atomic E-state index is -0.419. The van der Waals surface area contributed by atoms with Crippen molar-refractivity contribution in [1.82, 2.24) is 4.90 Å². The molecule has 0 bridgehead atoms. The van der Waals surface area contributed by atoms with Crippen LogP contribution < -0.4 is 5.32 Å². The van der Waals surface area contributed by atoms with E-state index in [4.69, 9.17) is 0 Å². The largest absolute Gasteiger partial charge is 0.465 e. The van der Waals surface area contributed by atoms with Gasteiger partial charge in [0.25, 0.3) is 0 Å². The van der Waals surface area contributed by atoms with E-state index < -0.39 is 5.97 Å². The first-order valence-electron chi connectivity index (χ1n) is 6.33. The van der Waals surface area contributed by atoms with Gasteiger partial charge in [-0.05, 0) is 30.2 Å². The van der Waals surface area contributed by atoms with Gasteiger partial charge >= 0.3 is 12.0 Å². The van der Waals surface area contributed by atoms with E-state index in [-0.39, 0.29) is 6.03 Å². The normalized spacial score (nSPS) is 19.1. The number of nitrogens with zero attached hydrogens (tertiary/aromatic N) is 1. The molecule has 1 aromatic heterocycles. The second-order valence-corrected chi connectivity index (χ2v) is 5.69. The van der Waals surface area contributed by atoms with Crippen LogP contribution >= 0.6 is 11.3 Å². The third kappa shape index (κ3) is 3.26. The maximum Gasteiger partial charge on any atom is 0.350 e. The van der Waals surface area contributed by atoms with Crippen molar-refractivity contribution in [1.29, 1.82) is 0 Å². The highest BCUT2D eigenvalue weighted by Gasteiger charge is 2.23.